The summed E-state index contributed by atoms with van der Waals surface area (Å²) < 4.78 is 11.4. The highest BCUT2D eigenvalue weighted by Gasteiger charge is 2.37. The lowest BCUT2D eigenvalue weighted by molar-refractivity contribution is -0.0727. The van der Waals surface area contributed by atoms with Gasteiger partial charge in [0.25, 0.3) is 0 Å². The molecule has 1 saturated carbocycles. The highest BCUT2D eigenvalue weighted by molar-refractivity contribution is 5.20. The first-order valence-electron chi connectivity index (χ1n) is 9.20. The second kappa shape index (κ2) is 6.54. The molecule has 5 heteroatoms. The molecule has 1 aliphatic carbocycles. The van der Waals surface area contributed by atoms with Crippen molar-refractivity contribution in [1.29, 1.82) is 0 Å². The fourth-order valence-corrected chi connectivity index (χ4v) is 4.18. The van der Waals surface area contributed by atoms with Gasteiger partial charge in [-0.15, -0.1) is 0 Å². The molecule has 5 nitrogen and oxygen atoms in total. The Morgan fingerprint density at radius 3 is 2.65 bits per heavy atom. The lowest BCUT2D eigenvalue weighted by Gasteiger charge is -2.40. The summed E-state index contributed by atoms with van der Waals surface area (Å²) in [5.74, 6) is 1.94. The van der Waals surface area contributed by atoms with Crippen LogP contribution in [0, 0.1) is 19.8 Å². The monoisotopic (exact) mass is 319 g/mol. The minimum absolute atomic E-state index is 0.428. The predicted octanol–water partition coefficient (Wildman–Crippen LogP) is 2.37. The van der Waals surface area contributed by atoms with Crippen LogP contribution < -0.4 is 0 Å². The van der Waals surface area contributed by atoms with E-state index in [0.29, 0.717) is 12.1 Å². The van der Waals surface area contributed by atoms with Crippen molar-refractivity contribution in [3.8, 4) is 0 Å². The van der Waals surface area contributed by atoms with Gasteiger partial charge in [0.15, 0.2) is 0 Å². The molecular formula is C18H29N3O2. The summed E-state index contributed by atoms with van der Waals surface area (Å²) in [6, 6.07) is 0.624. The van der Waals surface area contributed by atoms with Crippen LogP contribution >= 0.6 is 0 Å². The number of likely N-dealkylation sites (tertiary alicyclic amines) is 1. The van der Waals surface area contributed by atoms with Crippen LogP contribution in [-0.2, 0) is 11.3 Å². The van der Waals surface area contributed by atoms with Gasteiger partial charge in [-0.2, -0.15) is 0 Å². The zero-order chi connectivity index (χ0) is 15.8. The van der Waals surface area contributed by atoms with E-state index in [1.54, 1.807) is 0 Å². The zero-order valence-electron chi connectivity index (χ0n) is 14.5. The average Bonchev–Trinajstić information content (AvgIpc) is 3.33. The van der Waals surface area contributed by atoms with Gasteiger partial charge in [-0.05, 0) is 45.4 Å². The van der Waals surface area contributed by atoms with E-state index in [1.165, 1.54) is 31.4 Å². The van der Waals surface area contributed by atoms with E-state index in [9.17, 15) is 0 Å². The summed E-state index contributed by atoms with van der Waals surface area (Å²) in [7, 11) is 0. The largest absolute Gasteiger partial charge is 0.375 e. The third kappa shape index (κ3) is 3.47. The van der Waals surface area contributed by atoms with Gasteiger partial charge in [0.05, 0.1) is 18.4 Å². The van der Waals surface area contributed by atoms with Crippen molar-refractivity contribution in [3.05, 3.63) is 17.0 Å². The number of morpholine rings is 1. The quantitative estimate of drug-likeness (QED) is 0.852. The van der Waals surface area contributed by atoms with Crippen molar-refractivity contribution >= 4 is 0 Å². The fraction of sp³-hybridized carbons (Fsp3) is 0.833. The SMILES string of the molecule is Cc1noc(C)c1CN1CC[C@@H]2OCCN(CC3CC3)[C@H]2CC1. The van der Waals surface area contributed by atoms with Crippen molar-refractivity contribution in [2.45, 2.75) is 58.2 Å². The Labute approximate surface area is 138 Å². The molecule has 2 aliphatic heterocycles. The van der Waals surface area contributed by atoms with Crippen LogP contribution in [0.1, 0.15) is 42.7 Å². The molecule has 2 saturated heterocycles. The molecule has 0 aromatic carbocycles. The summed E-state index contributed by atoms with van der Waals surface area (Å²) in [4.78, 5) is 5.29. The second-order valence-corrected chi connectivity index (χ2v) is 7.57. The summed E-state index contributed by atoms with van der Waals surface area (Å²) in [6.07, 6.45) is 5.67. The third-order valence-electron chi connectivity index (χ3n) is 5.83. The molecule has 1 aromatic rings. The summed E-state index contributed by atoms with van der Waals surface area (Å²) in [6.45, 7) is 10.6. The molecule has 1 aromatic heterocycles. The van der Waals surface area contributed by atoms with Gasteiger partial charge < -0.3 is 9.26 Å². The molecule has 128 valence electrons. The smallest absolute Gasteiger partial charge is 0.138 e. The Kier molecular flexibility index (Phi) is 4.43. The van der Waals surface area contributed by atoms with E-state index in [2.05, 4.69) is 15.0 Å². The maximum atomic E-state index is 6.13. The van der Waals surface area contributed by atoms with E-state index in [-0.39, 0.29) is 0 Å². The average molecular weight is 319 g/mol. The number of hydrogen-bond donors (Lipinski definition) is 0. The normalized spacial score (nSPS) is 30.2. The van der Waals surface area contributed by atoms with Gasteiger partial charge in [-0.25, -0.2) is 0 Å². The molecule has 0 spiro atoms. The number of rotatable bonds is 4. The topological polar surface area (TPSA) is 41.7 Å². The van der Waals surface area contributed by atoms with Crippen LogP contribution in [0.15, 0.2) is 4.52 Å². The van der Waals surface area contributed by atoms with Gasteiger partial charge in [-0.3, -0.25) is 9.80 Å². The molecule has 3 heterocycles. The van der Waals surface area contributed by atoms with Crippen molar-refractivity contribution in [2.24, 2.45) is 5.92 Å². The zero-order valence-corrected chi connectivity index (χ0v) is 14.5. The maximum absolute atomic E-state index is 6.13. The Balaban J connectivity index is 1.40. The van der Waals surface area contributed by atoms with E-state index in [1.807, 2.05) is 13.8 Å². The number of aryl methyl sites for hydroxylation is 2. The molecule has 2 atom stereocenters. The van der Waals surface area contributed by atoms with Gasteiger partial charge in [0.1, 0.15) is 5.76 Å². The van der Waals surface area contributed by atoms with Crippen molar-refractivity contribution in [2.75, 3.05) is 32.8 Å². The van der Waals surface area contributed by atoms with Crippen LogP contribution in [0.25, 0.3) is 0 Å². The first-order chi connectivity index (χ1) is 11.2. The number of fused-ring (bicyclic) bond motifs is 1. The molecule has 0 N–H and O–H groups in total. The summed E-state index contributed by atoms with van der Waals surface area (Å²) >= 11 is 0. The standard InChI is InChI=1S/C18H29N3O2/c1-13-16(14(2)23-19-13)12-20-7-5-17-18(6-8-20)22-10-9-21(17)11-15-3-4-15/h15,17-18H,3-12H2,1-2H3/t17-,18-/m0/s1. The Bertz CT molecular complexity index is 521. The predicted molar refractivity (Wildman–Crippen MR) is 88.3 cm³/mol. The molecule has 3 aliphatic rings. The highest BCUT2D eigenvalue weighted by atomic mass is 16.5. The lowest BCUT2D eigenvalue weighted by Crippen LogP contribution is -2.51. The van der Waals surface area contributed by atoms with Crippen LogP contribution in [0.5, 0.6) is 0 Å². The first kappa shape index (κ1) is 15.6. The maximum Gasteiger partial charge on any atom is 0.138 e. The molecule has 23 heavy (non-hydrogen) atoms. The van der Waals surface area contributed by atoms with Crippen LogP contribution in [0.4, 0.5) is 0 Å². The Hall–Kier alpha value is -0.910. The van der Waals surface area contributed by atoms with Gasteiger partial charge in [0.2, 0.25) is 0 Å². The van der Waals surface area contributed by atoms with Gasteiger partial charge >= 0.3 is 0 Å². The van der Waals surface area contributed by atoms with Crippen LogP contribution in [0.2, 0.25) is 0 Å². The minimum Gasteiger partial charge on any atom is -0.375 e. The third-order valence-corrected chi connectivity index (χ3v) is 5.83. The van der Waals surface area contributed by atoms with E-state index < -0.39 is 0 Å². The van der Waals surface area contributed by atoms with E-state index >= 15 is 0 Å². The molecule has 0 radical (unpaired) electrons. The number of nitrogens with zero attached hydrogens (tertiary/aromatic N) is 3. The Morgan fingerprint density at radius 1 is 1.09 bits per heavy atom. The molecule has 0 bridgehead atoms. The second-order valence-electron chi connectivity index (χ2n) is 7.57. The molecular weight excluding hydrogens is 290 g/mol. The first-order valence-corrected chi connectivity index (χ1v) is 9.20. The van der Waals surface area contributed by atoms with Gasteiger partial charge in [0, 0.05) is 44.3 Å². The van der Waals surface area contributed by atoms with Gasteiger partial charge in [-0.1, -0.05) is 5.16 Å². The van der Waals surface area contributed by atoms with E-state index in [4.69, 9.17) is 9.26 Å². The molecule has 4 rings (SSSR count). The fourth-order valence-electron chi connectivity index (χ4n) is 4.18. The van der Waals surface area contributed by atoms with Crippen LogP contribution in [-0.4, -0.2) is 59.9 Å². The van der Waals surface area contributed by atoms with Crippen molar-refractivity contribution in [1.82, 2.24) is 15.0 Å². The minimum atomic E-state index is 0.428. The lowest BCUT2D eigenvalue weighted by atomic mass is 10.0. The molecule has 0 amide bonds. The molecule has 0 unspecified atom stereocenters. The summed E-state index contributed by atoms with van der Waals surface area (Å²) in [5.41, 5.74) is 2.31. The Morgan fingerprint density at radius 2 is 1.91 bits per heavy atom. The molecule has 3 fully saturated rings. The summed E-state index contributed by atoms with van der Waals surface area (Å²) in [5, 5.41) is 4.09. The number of ether oxygens (including phenoxy) is 1. The number of aromatic nitrogens is 1. The highest BCUT2D eigenvalue weighted by Crippen LogP contribution is 2.33. The van der Waals surface area contributed by atoms with Crippen LogP contribution in [0.3, 0.4) is 0 Å². The van der Waals surface area contributed by atoms with Crippen molar-refractivity contribution < 1.29 is 9.26 Å². The van der Waals surface area contributed by atoms with Crippen molar-refractivity contribution in [3.63, 3.8) is 0 Å². The van der Waals surface area contributed by atoms with E-state index in [0.717, 1.165) is 56.6 Å². The number of hydrogen-bond acceptors (Lipinski definition) is 5.